The minimum absolute atomic E-state index is 0. The molecular weight excluding hydrogens is 154 g/mol. The molecule has 60 valence electrons. The van der Waals surface area contributed by atoms with E-state index in [-0.39, 0.29) is 6.15 Å². The molecule has 1 heterocycles. The molecule has 0 unspecified atom stereocenters. The Bertz CT molecular complexity index is 224. The smallest absolute Gasteiger partial charge is 0.328 e. The highest BCUT2D eigenvalue weighted by atomic mass is 16.2. The van der Waals surface area contributed by atoms with Crippen LogP contribution in [0.3, 0.4) is 0 Å². The summed E-state index contributed by atoms with van der Waals surface area (Å²) in [6, 6.07) is -0.963. The number of ketones is 1. The SMILES string of the molecule is N.O=C1NC(=O)C(=O)C(=O)N1. The zero-order chi connectivity index (χ0) is 7.72. The van der Waals surface area contributed by atoms with E-state index >= 15 is 0 Å². The number of Topliss-reactive ketones (excluding diaryl/α,β-unsaturated/α-hetero) is 1. The second-order valence-electron chi connectivity index (χ2n) is 1.57. The molecule has 1 aliphatic rings. The number of hydrogen-bond donors (Lipinski definition) is 3. The lowest BCUT2D eigenvalue weighted by Crippen LogP contribution is -2.56. The third kappa shape index (κ3) is 1.58. The molecule has 0 aromatic carbocycles. The van der Waals surface area contributed by atoms with Crippen molar-refractivity contribution in [3.05, 3.63) is 0 Å². The molecule has 0 spiro atoms. The number of hydrogen-bond acceptors (Lipinski definition) is 5. The van der Waals surface area contributed by atoms with Gasteiger partial charge in [-0.1, -0.05) is 0 Å². The number of rotatable bonds is 0. The quantitative estimate of drug-likeness (QED) is 0.355. The predicted octanol–water partition coefficient (Wildman–Crippen LogP) is -1.92. The maximum Gasteiger partial charge on any atom is 0.328 e. The molecule has 0 aliphatic carbocycles. The molecule has 0 radical (unpaired) electrons. The number of carbonyl (C=O) groups excluding carboxylic acids is 4. The van der Waals surface area contributed by atoms with Crippen LogP contribution in [0.5, 0.6) is 0 Å². The summed E-state index contributed by atoms with van der Waals surface area (Å²) in [7, 11) is 0. The predicted molar refractivity (Wildman–Crippen MR) is 31.7 cm³/mol. The third-order valence-electron chi connectivity index (χ3n) is 0.867. The van der Waals surface area contributed by atoms with Crippen LogP contribution in [0.4, 0.5) is 4.79 Å². The van der Waals surface area contributed by atoms with Crippen molar-refractivity contribution in [2.24, 2.45) is 0 Å². The second-order valence-corrected chi connectivity index (χ2v) is 1.57. The molecule has 11 heavy (non-hydrogen) atoms. The van der Waals surface area contributed by atoms with Crippen LogP contribution < -0.4 is 16.8 Å². The average molecular weight is 159 g/mol. The largest absolute Gasteiger partial charge is 0.344 e. The maximum atomic E-state index is 10.3. The summed E-state index contributed by atoms with van der Waals surface area (Å²) in [5.41, 5.74) is 0. The Morgan fingerprint density at radius 2 is 1.18 bits per heavy atom. The van der Waals surface area contributed by atoms with Crippen molar-refractivity contribution in [1.29, 1.82) is 0 Å². The minimum atomic E-state index is -1.25. The molecule has 1 fully saturated rings. The lowest BCUT2D eigenvalue weighted by atomic mass is 10.3. The fraction of sp³-hybridized carbons (Fsp3) is 0. The Kier molecular flexibility index (Phi) is 2.42. The first-order valence-corrected chi connectivity index (χ1v) is 2.32. The van der Waals surface area contributed by atoms with Crippen molar-refractivity contribution in [2.75, 3.05) is 0 Å². The van der Waals surface area contributed by atoms with E-state index in [0.29, 0.717) is 0 Å². The van der Waals surface area contributed by atoms with E-state index in [4.69, 9.17) is 0 Å². The van der Waals surface area contributed by atoms with Crippen molar-refractivity contribution in [3.8, 4) is 0 Å². The Labute approximate surface area is 60.7 Å². The van der Waals surface area contributed by atoms with E-state index in [1.165, 1.54) is 0 Å². The van der Waals surface area contributed by atoms with Crippen LogP contribution in [0, 0.1) is 0 Å². The van der Waals surface area contributed by atoms with Crippen molar-refractivity contribution in [3.63, 3.8) is 0 Å². The van der Waals surface area contributed by atoms with Crippen LogP contribution in [0.25, 0.3) is 0 Å². The van der Waals surface area contributed by atoms with Gasteiger partial charge in [-0.15, -0.1) is 0 Å². The Balaban J connectivity index is 0.000001000. The van der Waals surface area contributed by atoms with Gasteiger partial charge >= 0.3 is 23.6 Å². The highest BCUT2D eigenvalue weighted by Gasteiger charge is 2.31. The molecule has 4 amide bonds. The van der Waals surface area contributed by atoms with Crippen LogP contribution in [0.15, 0.2) is 0 Å². The van der Waals surface area contributed by atoms with Gasteiger partial charge in [-0.25, -0.2) is 4.79 Å². The lowest BCUT2D eigenvalue weighted by molar-refractivity contribution is -0.146. The molecule has 0 aromatic rings. The second kappa shape index (κ2) is 2.88. The third-order valence-corrected chi connectivity index (χ3v) is 0.867. The van der Waals surface area contributed by atoms with E-state index < -0.39 is 23.6 Å². The molecule has 0 aromatic heterocycles. The number of amides is 4. The number of carbonyl (C=O) groups is 4. The maximum absolute atomic E-state index is 10.3. The molecular formula is C4H5N3O4. The lowest BCUT2D eigenvalue weighted by Gasteiger charge is -2.07. The van der Waals surface area contributed by atoms with Gasteiger partial charge in [0.15, 0.2) is 0 Å². The monoisotopic (exact) mass is 159 g/mol. The fourth-order valence-electron chi connectivity index (χ4n) is 0.454. The first-order chi connectivity index (χ1) is 4.61. The summed E-state index contributed by atoms with van der Waals surface area (Å²) in [4.78, 5) is 41.1. The first kappa shape index (κ1) is 9.24. The molecule has 7 heteroatoms. The van der Waals surface area contributed by atoms with Gasteiger partial charge in [0, 0.05) is 0 Å². The van der Waals surface area contributed by atoms with E-state index in [0.717, 1.165) is 0 Å². The van der Waals surface area contributed by atoms with Crippen LogP contribution >= 0.6 is 0 Å². The molecule has 7 nitrogen and oxygen atoms in total. The van der Waals surface area contributed by atoms with E-state index in [1.54, 1.807) is 10.6 Å². The Morgan fingerprint density at radius 1 is 0.818 bits per heavy atom. The molecule has 1 aliphatic heterocycles. The summed E-state index contributed by atoms with van der Waals surface area (Å²) in [5, 5.41) is 3.20. The van der Waals surface area contributed by atoms with Gasteiger partial charge in [-0.3, -0.25) is 25.0 Å². The Morgan fingerprint density at radius 3 is 1.55 bits per heavy atom. The van der Waals surface area contributed by atoms with Crippen LogP contribution in [-0.4, -0.2) is 23.6 Å². The minimum Gasteiger partial charge on any atom is -0.344 e. The number of barbiturate groups is 1. The molecule has 5 N–H and O–H groups in total. The normalized spacial score (nSPS) is 16.7. The van der Waals surface area contributed by atoms with E-state index in [2.05, 4.69) is 0 Å². The van der Waals surface area contributed by atoms with Gasteiger partial charge in [-0.2, -0.15) is 0 Å². The highest BCUT2D eigenvalue weighted by molar-refractivity contribution is 6.66. The molecule has 1 saturated heterocycles. The Hall–Kier alpha value is -1.76. The van der Waals surface area contributed by atoms with Crippen molar-refractivity contribution in [2.45, 2.75) is 0 Å². The van der Waals surface area contributed by atoms with Crippen molar-refractivity contribution in [1.82, 2.24) is 16.8 Å². The standard InChI is InChI=1S/C4H2N2O4.H3N/c7-1-2(8)5-4(10)6-3(1)9;/h(H2,5,6,8,9,10);1H3. The van der Waals surface area contributed by atoms with Gasteiger partial charge < -0.3 is 6.15 Å². The summed E-state index contributed by atoms with van der Waals surface area (Å²) in [5.74, 6) is -3.62. The van der Waals surface area contributed by atoms with Crippen molar-refractivity contribution >= 4 is 23.6 Å². The van der Waals surface area contributed by atoms with Gasteiger partial charge in [0.1, 0.15) is 0 Å². The van der Waals surface area contributed by atoms with Crippen LogP contribution in [0.2, 0.25) is 0 Å². The number of nitrogens with one attached hydrogen (secondary N) is 2. The fourth-order valence-corrected chi connectivity index (χ4v) is 0.454. The van der Waals surface area contributed by atoms with Gasteiger partial charge in [0.25, 0.3) is 0 Å². The van der Waals surface area contributed by atoms with E-state index in [1.807, 2.05) is 0 Å². The zero-order valence-corrected chi connectivity index (χ0v) is 5.34. The number of imide groups is 2. The number of urea groups is 1. The zero-order valence-electron chi connectivity index (χ0n) is 5.34. The van der Waals surface area contributed by atoms with Gasteiger partial charge in [-0.05, 0) is 0 Å². The summed E-state index contributed by atoms with van der Waals surface area (Å²) < 4.78 is 0. The molecule has 1 rings (SSSR count). The first-order valence-electron chi connectivity index (χ1n) is 2.32. The van der Waals surface area contributed by atoms with Crippen molar-refractivity contribution < 1.29 is 19.2 Å². The molecule has 0 atom stereocenters. The summed E-state index contributed by atoms with van der Waals surface area (Å²) >= 11 is 0. The highest BCUT2D eigenvalue weighted by Crippen LogP contribution is 1.81. The summed E-state index contributed by atoms with van der Waals surface area (Å²) in [6.07, 6.45) is 0. The molecule has 0 saturated carbocycles. The van der Waals surface area contributed by atoms with Gasteiger partial charge in [0.05, 0.1) is 0 Å². The molecule has 0 bridgehead atoms. The van der Waals surface area contributed by atoms with Crippen LogP contribution in [-0.2, 0) is 14.4 Å². The van der Waals surface area contributed by atoms with Gasteiger partial charge in [0.2, 0.25) is 0 Å². The summed E-state index contributed by atoms with van der Waals surface area (Å²) in [6.45, 7) is 0. The topological polar surface area (TPSA) is 127 Å². The average Bonchev–Trinajstić information content (AvgIpc) is 1.82. The van der Waals surface area contributed by atoms with E-state index in [9.17, 15) is 19.2 Å². The van der Waals surface area contributed by atoms with Crippen LogP contribution in [0.1, 0.15) is 0 Å².